The van der Waals surface area contributed by atoms with Gasteiger partial charge in [0.1, 0.15) is 0 Å². The van der Waals surface area contributed by atoms with Crippen molar-refractivity contribution in [2.45, 2.75) is 39.2 Å². The molecule has 8 nitrogen and oxygen atoms in total. The molecule has 3 aliphatic heterocycles. The lowest BCUT2D eigenvalue weighted by atomic mass is 9.86. The average Bonchev–Trinajstić information content (AvgIpc) is 3.62. The first kappa shape index (κ1) is 21.9. The first-order valence-electron chi connectivity index (χ1n) is 12.1. The molecule has 3 aliphatic rings. The van der Waals surface area contributed by atoms with E-state index in [1.165, 1.54) is 53.7 Å². The zero-order valence-electron chi connectivity index (χ0n) is 19.7. The summed E-state index contributed by atoms with van der Waals surface area (Å²) >= 11 is 0. The third kappa shape index (κ3) is 4.49. The van der Waals surface area contributed by atoms with E-state index < -0.39 is 0 Å². The maximum absolute atomic E-state index is 13.0. The Morgan fingerprint density at radius 2 is 1.76 bits per heavy atom. The van der Waals surface area contributed by atoms with Crippen LogP contribution in [0.25, 0.3) is 0 Å². The number of likely N-dealkylation sites (tertiary alicyclic amines) is 2. The number of carbonyl (C=O) groups excluding carboxylic acids is 2. The summed E-state index contributed by atoms with van der Waals surface area (Å²) in [6.07, 6.45) is 7.96. The van der Waals surface area contributed by atoms with Crippen LogP contribution in [0.2, 0.25) is 0 Å². The van der Waals surface area contributed by atoms with Gasteiger partial charge in [-0.05, 0) is 49.9 Å². The Morgan fingerprint density at radius 1 is 1.03 bits per heavy atom. The lowest BCUT2D eigenvalue weighted by Crippen LogP contribution is -2.36. The molecule has 1 aromatic carbocycles. The Kier molecular flexibility index (Phi) is 5.86. The van der Waals surface area contributed by atoms with Gasteiger partial charge in [0.15, 0.2) is 0 Å². The second-order valence-electron chi connectivity index (χ2n) is 10.00. The molecule has 176 valence electrons. The summed E-state index contributed by atoms with van der Waals surface area (Å²) < 4.78 is 1.36. The number of hydrogen-bond donors (Lipinski definition) is 0. The Hall–Kier alpha value is -2.87. The van der Waals surface area contributed by atoms with E-state index >= 15 is 0 Å². The van der Waals surface area contributed by atoms with Gasteiger partial charge in [0.05, 0.1) is 18.1 Å². The Bertz CT molecular complexity index is 1010. The van der Waals surface area contributed by atoms with Crippen LogP contribution in [0.1, 0.15) is 38.2 Å². The summed E-state index contributed by atoms with van der Waals surface area (Å²) in [5, 5.41) is 4.20. The second-order valence-corrected chi connectivity index (χ2v) is 10.00. The fourth-order valence-electron chi connectivity index (χ4n) is 5.56. The van der Waals surface area contributed by atoms with Crippen LogP contribution in [-0.4, -0.2) is 77.8 Å². The molecule has 4 heterocycles. The maximum atomic E-state index is 13.0. The third-order valence-corrected chi connectivity index (χ3v) is 7.66. The average molecular weight is 451 g/mol. The van der Waals surface area contributed by atoms with Crippen LogP contribution >= 0.6 is 0 Å². The van der Waals surface area contributed by atoms with Gasteiger partial charge >= 0.3 is 6.03 Å². The molecule has 3 fully saturated rings. The van der Waals surface area contributed by atoms with Crippen molar-refractivity contribution in [3.05, 3.63) is 42.2 Å². The highest BCUT2D eigenvalue weighted by Crippen LogP contribution is 2.40. The summed E-state index contributed by atoms with van der Waals surface area (Å²) in [6.45, 7) is 8.45. The van der Waals surface area contributed by atoms with E-state index in [4.69, 9.17) is 0 Å². The SMILES string of the molecule is CC(=O)N(C)c1cnn(C(=O)N2CCC3(CCN(Cc4ccc(N5CCCC5)cc4)C3)C2)c1. The van der Waals surface area contributed by atoms with Gasteiger partial charge in [-0.15, -0.1) is 0 Å². The Morgan fingerprint density at radius 3 is 2.48 bits per heavy atom. The molecule has 0 N–H and O–H groups in total. The van der Waals surface area contributed by atoms with Crippen LogP contribution in [0.15, 0.2) is 36.7 Å². The molecular weight excluding hydrogens is 416 g/mol. The van der Waals surface area contributed by atoms with Gasteiger partial charge in [-0.2, -0.15) is 9.78 Å². The van der Waals surface area contributed by atoms with Gasteiger partial charge < -0.3 is 14.7 Å². The molecule has 0 bridgehead atoms. The van der Waals surface area contributed by atoms with Gasteiger partial charge in [0.2, 0.25) is 5.91 Å². The van der Waals surface area contributed by atoms with Crippen LogP contribution in [0.3, 0.4) is 0 Å². The molecule has 1 unspecified atom stereocenters. The number of hydrogen-bond acceptors (Lipinski definition) is 5. The second kappa shape index (κ2) is 8.82. The number of carbonyl (C=O) groups is 2. The van der Waals surface area contributed by atoms with E-state index in [1.807, 2.05) is 4.90 Å². The number of anilines is 2. The van der Waals surface area contributed by atoms with Gasteiger partial charge in [-0.3, -0.25) is 9.69 Å². The van der Waals surface area contributed by atoms with E-state index in [-0.39, 0.29) is 17.4 Å². The van der Waals surface area contributed by atoms with Crippen molar-refractivity contribution in [2.24, 2.45) is 5.41 Å². The molecule has 1 aromatic heterocycles. The zero-order valence-corrected chi connectivity index (χ0v) is 19.7. The smallest absolute Gasteiger partial charge is 0.344 e. The molecule has 0 aliphatic carbocycles. The zero-order chi connectivity index (χ0) is 23.0. The van der Waals surface area contributed by atoms with Gasteiger partial charge in [0, 0.05) is 64.3 Å². The van der Waals surface area contributed by atoms with Crippen molar-refractivity contribution in [1.82, 2.24) is 19.6 Å². The Labute approximate surface area is 195 Å². The number of benzene rings is 1. The third-order valence-electron chi connectivity index (χ3n) is 7.66. The first-order valence-corrected chi connectivity index (χ1v) is 12.1. The van der Waals surface area contributed by atoms with Crippen LogP contribution in [-0.2, 0) is 11.3 Å². The molecule has 1 atom stereocenters. The lowest BCUT2D eigenvalue weighted by molar-refractivity contribution is -0.116. The molecule has 2 amide bonds. The van der Waals surface area contributed by atoms with Crippen LogP contribution in [0, 0.1) is 5.41 Å². The van der Waals surface area contributed by atoms with E-state index in [9.17, 15) is 9.59 Å². The first-order chi connectivity index (χ1) is 15.9. The molecule has 0 saturated carbocycles. The molecule has 2 aromatic rings. The van der Waals surface area contributed by atoms with Crippen LogP contribution in [0.5, 0.6) is 0 Å². The number of aromatic nitrogens is 2. The van der Waals surface area contributed by atoms with Crippen LogP contribution in [0.4, 0.5) is 16.2 Å². The summed E-state index contributed by atoms with van der Waals surface area (Å²) in [4.78, 5) is 33.0. The highest BCUT2D eigenvalue weighted by molar-refractivity contribution is 5.91. The van der Waals surface area contributed by atoms with Crippen molar-refractivity contribution in [3.8, 4) is 0 Å². The van der Waals surface area contributed by atoms with Gasteiger partial charge in [-0.1, -0.05) is 12.1 Å². The van der Waals surface area contributed by atoms with Gasteiger partial charge in [0.25, 0.3) is 0 Å². The van der Waals surface area contributed by atoms with Gasteiger partial charge in [-0.25, -0.2) is 4.79 Å². The molecule has 5 rings (SSSR count). The van der Waals surface area contributed by atoms with E-state index in [2.05, 4.69) is 39.2 Å². The predicted octanol–water partition coefficient (Wildman–Crippen LogP) is 3.03. The molecule has 33 heavy (non-hydrogen) atoms. The molecule has 1 spiro atoms. The summed E-state index contributed by atoms with van der Waals surface area (Å²) in [5.74, 6) is -0.0844. The minimum atomic E-state index is -0.106. The minimum absolute atomic E-state index is 0.0844. The molecule has 0 radical (unpaired) electrons. The lowest BCUT2D eigenvalue weighted by Gasteiger charge is -2.25. The molecule has 3 saturated heterocycles. The van der Waals surface area contributed by atoms with E-state index in [1.54, 1.807) is 19.4 Å². The number of nitrogens with zero attached hydrogens (tertiary/aromatic N) is 6. The van der Waals surface area contributed by atoms with Crippen molar-refractivity contribution >= 4 is 23.3 Å². The monoisotopic (exact) mass is 450 g/mol. The molecular formula is C25H34N6O2. The number of rotatable bonds is 4. The summed E-state index contributed by atoms with van der Waals surface area (Å²) in [5.41, 5.74) is 3.51. The largest absolute Gasteiger partial charge is 0.372 e. The Balaban J connectivity index is 1.16. The maximum Gasteiger partial charge on any atom is 0.344 e. The van der Waals surface area contributed by atoms with Crippen molar-refractivity contribution in [2.75, 3.05) is 56.1 Å². The van der Waals surface area contributed by atoms with Crippen LogP contribution < -0.4 is 9.80 Å². The van der Waals surface area contributed by atoms with Crippen molar-refractivity contribution in [1.29, 1.82) is 0 Å². The minimum Gasteiger partial charge on any atom is -0.372 e. The highest BCUT2D eigenvalue weighted by Gasteiger charge is 2.45. The number of amides is 2. The summed E-state index contributed by atoms with van der Waals surface area (Å²) in [6, 6.07) is 8.98. The fourth-order valence-corrected chi connectivity index (χ4v) is 5.56. The highest BCUT2D eigenvalue weighted by atomic mass is 16.2. The normalized spacial score (nSPS) is 23.1. The fraction of sp³-hybridized carbons (Fsp3) is 0.560. The topological polar surface area (TPSA) is 64.9 Å². The quantitative estimate of drug-likeness (QED) is 0.717. The van der Waals surface area contributed by atoms with Crippen molar-refractivity contribution in [3.63, 3.8) is 0 Å². The van der Waals surface area contributed by atoms with Crippen molar-refractivity contribution < 1.29 is 9.59 Å². The van der Waals surface area contributed by atoms with E-state index in [0.29, 0.717) is 5.69 Å². The predicted molar refractivity (Wildman–Crippen MR) is 129 cm³/mol. The summed E-state index contributed by atoms with van der Waals surface area (Å²) in [7, 11) is 1.69. The molecule has 8 heteroatoms. The standard InChI is InChI=1S/C25H34N6O2/c1-20(32)27(2)23-15-26-31(17-23)24(33)30-14-10-25(19-30)9-13-28(18-25)16-21-5-7-22(8-6-21)29-11-3-4-12-29/h5-8,15,17H,3-4,9-14,16,18-19H2,1-2H3. The van der Waals surface area contributed by atoms with E-state index in [0.717, 1.165) is 45.6 Å².